The lowest BCUT2D eigenvalue weighted by atomic mass is 10.0. The number of nitrogens with zero attached hydrogens (tertiary/aromatic N) is 2. The van der Waals surface area contributed by atoms with Gasteiger partial charge in [-0.1, -0.05) is 42.5 Å². The van der Waals surface area contributed by atoms with E-state index in [1.807, 2.05) is 6.07 Å². The van der Waals surface area contributed by atoms with Gasteiger partial charge in [0.05, 0.1) is 5.92 Å². The first-order valence-electron chi connectivity index (χ1n) is 10.7. The highest BCUT2D eigenvalue weighted by Gasteiger charge is 2.35. The molecule has 0 spiro atoms. The van der Waals surface area contributed by atoms with E-state index in [9.17, 15) is 14.0 Å². The molecular formula is C24H28FN3O2. The molecule has 2 aliphatic heterocycles. The van der Waals surface area contributed by atoms with Gasteiger partial charge in [0, 0.05) is 45.2 Å². The lowest BCUT2D eigenvalue weighted by molar-refractivity contribution is -0.129. The fraction of sp³-hybridized carbons (Fsp3) is 0.417. The Hall–Kier alpha value is -2.73. The van der Waals surface area contributed by atoms with Crippen LogP contribution in [-0.2, 0) is 22.7 Å². The van der Waals surface area contributed by atoms with Crippen molar-refractivity contribution >= 4 is 11.8 Å². The van der Waals surface area contributed by atoms with Crippen molar-refractivity contribution in [1.82, 2.24) is 15.1 Å². The molecule has 0 unspecified atom stereocenters. The van der Waals surface area contributed by atoms with Gasteiger partial charge in [-0.25, -0.2) is 4.39 Å². The Balaban J connectivity index is 1.22. The fourth-order valence-electron chi connectivity index (χ4n) is 4.31. The summed E-state index contributed by atoms with van der Waals surface area (Å²) in [7, 11) is 0. The molecule has 6 heteroatoms. The number of hydrogen-bond acceptors (Lipinski definition) is 3. The van der Waals surface area contributed by atoms with E-state index in [1.165, 1.54) is 17.7 Å². The molecule has 2 heterocycles. The van der Waals surface area contributed by atoms with E-state index in [0.717, 1.165) is 38.0 Å². The molecule has 0 aliphatic carbocycles. The van der Waals surface area contributed by atoms with Crippen LogP contribution in [0.3, 0.4) is 0 Å². The van der Waals surface area contributed by atoms with Crippen LogP contribution in [0.4, 0.5) is 4.39 Å². The molecule has 2 aliphatic rings. The van der Waals surface area contributed by atoms with Crippen LogP contribution in [0.1, 0.15) is 30.4 Å². The smallest absolute Gasteiger partial charge is 0.225 e. The number of carbonyl (C=O) groups excluding carboxylic acids is 2. The third-order valence-electron chi connectivity index (χ3n) is 6.05. The molecule has 0 saturated carbocycles. The van der Waals surface area contributed by atoms with E-state index < -0.39 is 0 Å². The Morgan fingerprint density at radius 1 is 0.967 bits per heavy atom. The zero-order valence-corrected chi connectivity index (χ0v) is 17.1. The zero-order chi connectivity index (χ0) is 20.9. The minimum Gasteiger partial charge on any atom is -0.353 e. The topological polar surface area (TPSA) is 52.7 Å². The molecule has 2 amide bonds. The Morgan fingerprint density at radius 3 is 2.33 bits per heavy atom. The predicted molar refractivity (Wildman–Crippen MR) is 113 cm³/mol. The van der Waals surface area contributed by atoms with Crippen LogP contribution < -0.4 is 5.32 Å². The summed E-state index contributed by atoms with van der Waals surface area (Å²) in [5.41, 5.74) is 2.18. The van der Waals surface area contributed by atoms with E-state index in [2.05, 4.69) is 34.5 Å². The average Bonchev–Trinajstić information content (AvgIpc) is 3.12. The second-order valence-electron chi connectivity index (χ2n) is 8.35. The van der Waals surface area contributed by atoms with Crippen molar-refractivity contribution in [3.8, 4) is 0 Å². The van der Waals surface area contributed by atoms with Gasteiger partial charge in [0.25, 0.3) is 0 Å². The Labute approximate surface area is 176 Å². The van der Waals surface area contributed by atoms with Gasteiger partial charge in [-0.05, 0) is 36.1 Å². The van der Waals surface area contributed by atoms with Crippen molar-refractivity contribution in [3.63, 3.8) is 0 Å². The van der Waals surface area contributed by atoms with Crippen LogP contribution in [-0.4, -0.2) is 47.3 Å². The van der Waals surface area contributed by atoms with Crippen LogP contribution in [0.2, 0.25) is 0 Å². The Morgan fingerprint density at radius 2 is 1.63 bits per heavy atom. The number of halogens is 1. The molecule has 2 saturated heterocycles. The monoisotopic (exact) mass is 409 g/mol. The molecule has 0 radical (unpaired) electrons. The summed E-state index contributed by atoms with van der Waals surface area (Å²) in [6.07, 6.45) is 2.11. The highest BCUT2D eigenvalue weighted by molar-refractivity contribution is 5.89. The fourth-order valence-corrected chi connectivity index (χ4v) is 4.31. The van der Waals surface area contributed by atoms with Crippen molar-refractivity contribution < 1.29 is 14.0 Å². The first-order valence-corrected chi connectivity index (χ1v) is 10.7. The summed E-state index contributed by atoms with van der Waals surface area (Å²) in [6, 6.07) is 16.7. The lowest BCUT2D eigenvalue weighted by Gasteiger charge is -2.32. The Bertz CT molecular complexity index is 864. The van der Waals surface area contributed by atoms with E-state index in [-0.39, 0.29) is 36.0 Å². The van der Waals surface area contributed by atoms with Crippen LogP contribution in [0.15, 0.2) is 54.6 Å². The van der Waals surface area contributed by atoms with E-state index >= 15 is 0 Å². The van der Waals surface area contributed by atoms with Crippen molar-refractivity contribution in [2.24, 2.45) is 5.92 Å². The van der Waals surface area contributed by atoms with Crippen LogP contribution in [0.25, 0.3) is 0 Å². The maximum absolute atomic E-state index is 13.1. The minimum atomic E-state index is -0.305. The number of carbonyl (C=O) groups is 2. The van der Waals surface area contributed by atoms with E-state index in [0.29, 0.717) is 13.1 Å². The van der Waals surface area contributed by atoms with Gasteiger partial charge < -0.3 is 10.2 Å². The van der Waals surface area contributed by atoms with Gasteiger partial charge in [0.1, 0.15) is 5.82 Å². The van der Waals surface area contributed by atoms with Gasteiger partial charge in [-0.15, -0.1) is 0 Å². The molecular weight excluding hydrogens is 381 g/mol. The van der Waals surface area contributed by atoms with Crippen LogP contribution in [0, 0.1) is 11.7 Å². The first kappa shape index (κ1) is 20.5. The number of amides is 2. The highest BCUT2D eigenvalue weighted by atomic mass is 19.1. The van der Waals surface area contributed by atoms with Crippen molar-refractivity contribution in [3.05, 3.63) is 71.5 Å². The molecule has 0 bridgehead atoms. The minimum absolute atomic E-state index is 0.0165. The Kier molecular flexibility index (Phi) is 6.43. The summed E-state index contributed by atoms with van der Waals surface area (Å²) >= 11 is 0. The number of likely N-dealkylation sites (tertiary alicyclic amines) is 2. The molecule has 0 aromatic heterocycles. The molecule has 2 aromatic carbocycles. The van der Waals surface area contributed by atoms with E-state index in [4.69, 9.17) is 0 Å². The third-order valence-corrected chi connectivity index (χ3v) is 6.05. The molecule has 1 N–H and O–H groups in total. The first-order chi connectivity index (χ1) is 14.6. The average molecular weight is 410 g/mol. The largest absolute Gasteiger partial charge is 0.353 e. The van der Waals surface area contributed by atoms with Crippen molar-refractivity contribution in [2.75, 3.05) is 19.6 Å². The molecule has 1 atom stereocenters. The molecule has 2 aromatic rings. The maximum atomic E-state index is 13.1. The van der Waals surface area contributed by atoms with Crippen molar-refractivity contribution in [2.45, 2.75) is 38.4 Å². The lowest BCUT2D eigenvalue weighted by Crippen LogP contribution is -2.46. The van der Waals surface area contributed by atoms with E-state index in [1.54, 1.807) is 17.0 Å². The second kappa shape index (κ2) is 9.39. The second-order valence-corrected chi connectivity index (χ2v) is 8.35. The molecule has 158 valence electrons. The predicted octanol–water partition coefficient (Wildman–Crippen LogP) is 2.96. The molecule has 5 nitrogen and oxygen atoms in total. The van der Waals surface area contributed by atoms with Gasteiger partial charge >= 0.3 is 0 Å². The summed E-state index contributed by atoms with van der Waals surface area (Å²) < 4.78 is 13.1. The van der Waals surface area contributed by atoms with Gasteiger partial charge in [-0.3, -0.25) is 14.5 Å². The summed E-state index contributed by atoms with van der Waals surface area (Å²) in [5.74, 6) is -0.637. The van der Waals surface area contributed by atoms with Gasteiger partial charge in [-0.2, -0.15) is 0 Å². The SMILES string of the molecule is O=C(NC1CCN(Cc2ccccc2)CC1)[C@@H]1CC(=O)N(Cc2ccc(F)cc2)C1. The zero-order valence-electron chi connectivity index (χ0n) is 17.1. The number of benzene rings is 2. The van der Waals surface area contributed by atoms with Crippen LogP contribution >= 0.6 is 0 Å². The number of piperidine rings is 1. The maximum Gasteiger partial charge on any atom is 0.225 e. The summed E-state index contributed by atoms with van der Waals surface area (Å²) in [5, 5.41) is 3.16. The summed E-state index contributed by atoms with van der Waals surface area (Å²) in [6.45, 7) is 3.70. The number of hydrogen-bond donors (Lipinski definition) is 1. The normalized spacial score (nSPS) is 20.5. The molecule has 2 fully saturated rings. The van der Waals surface area contributed by atoms with Gasteiger partial charge in [0.15, 0.2) is 0 Å². The number of nitrogens with one attached hydrogen (secondary N) is 1. The molecule has 4 rings (SSSR count). The highest BCUT2D eigenvalue weighted by Crippen LogP contribution is 2.22. The van der Waals surface area contributed by atoms with Gasteiger partial charge in [0.2, 0.25) is 11.8 Å². The number of rotatable bonds is 6. The van der Waals surface area contributed by atoms with Crippen LogP contribution in [0.5, 0.6) is 0 Å². The molecule has 30 heavy (non-hydrogen) atoms. The summed E-state index contributed by atoms with van der Waals surface area (Å²) in [4.78, 5) is 29.2. The van der Waals surface area contributed by atoms with Crippen molar-refractivity contribution in [1.29, 1.82) is 0 Å². The third kappa shape index (κ3) is 5.25. The standard InChI is InChI=1S/C24H28FN3O2/c25-21-8-6-19(7-9-21)16-28-17-20(14-23(28)29)24(30)26-22-10-12-27(13-11-22)15-18-4-2-1-3-5-18/h1-9,20,22H,10-17H2,(H,26,30)/t20-/m1/s1. The quantitative estimate of drug-likeness (QED) is 0.798.